The number of sulfonamides is 1. The summed E-state index contributed by atoms with van der Waals surface area (Å²) in [6.07, 6.45) is 6.58. The maximum absolute atomic E-state index is 12.4. The molecule has 0 aromatic heterocycles. The molecule has 0 bridgehead atoms. The van der Waals surface area contributed by atoms with Gasteiger partial charge >= 0.3 is 0 Å². The van der Waals surface area contributed by atoms with Crippen LogP contribution in [0.1, 0.15) is 38.5 Å². The molecule has 0 saturated heterocycles. The van der Waals surface area contributed by atoms with Crippen LogP contribution in [0.5, 0.6) is 0 Å². The van der Waals surface area contributed by atoms with Gasteiger partial charge in [-0.2, -0.15) is 4.31 Å². The van der Waals surface area contributed by atoms with E-state index in [0.717, 1.165) is 30.0 Å². The Morgan fingerprint density at radius 2 is 1.74 bits per heavy atom. The van der Waals surface area contributed by atoms with Crippen molar-refractivity contribution in [3.05, 3.63) is 29.3 Å². The number of carbonyl (C=O) groups is 1. The number of carbonyl (C=O) groups excluding carboxylic acids is 1. The van der Waals surface area contributed by atoms with Gasteiger partial charge in [-0.05, 0) is 37.1 Å². The standard InChI is InChI=1S/C16H23ClN2O3S/c1-19(23(21,22)15-10-8-13(17)9-11-15)12-16(20)18-14-6-4-2-3-5-7-14/h8-11,14H,2-7,12H2,1H3,(H,18,20). The first-order valence-electron chi connectivity index (χ1n) is 7.91. The van der Waals surface area contributed by atoms with Gasteiger partial charge in [0.25, 0.3) is 0 Å². The zero-order valence-electron chi connectivity index (χ0n) is 13.3. The highest BCUT2D eigenvalue weighted by Crippen LogP contribution is 2.18. The van der Waals surface area contributed by atoms with E-state index in [1.807, 2.05) is 0 Å². The van der Waals surface area contributed by atoms with Gasteiger partial charge in [0.2, 0.25) is 15.9 Å². The van der Waals surface area contributed by atoms with Gasteiger partial charge in [0, 0.05) is 18.1 Å². The summed E-state index contributed by atoms with van der Waals surface area (Å²) in [5.41, 5.74) is 0. The molecule has 0 radical (unpaired) electrons. The summed E-state index contributed by atoms with van der Waals surface area (Å²) in [6, 6.07) is 6.09. The molecule has 0 aliphatic heterocycles. The number of benzene rings is 1. The second kappa shape index (κ2) is 8.13. The first-order chi connectivity index (χ1) is 10.9. The van der Waals surface area contributed by atoms with Gasteiger partial charge in [-0.1, -0.05) is 37.3 Å². The molecule has 0 unspecified atom stereocenters. The number of nitrogens with one attached hydrogen (secondary N) is 1. The van der Waals surface area contributed by atoms with Crippen LogP contribution >= 0.6 is 11.6 Å². The Labute approximate surface area is 143 Å². The summed E-state index contributed by atoms with van der Waals surface area (Å²) in [6.45, 7) is -0.179. The van der Waals surface area contributed by atoms with Crippen molar-refractivity contribution in [1.29, 1.82) is 0 Å². The maximum atomic E-state index is 12.4. The van der Waals surface area contributed by atoms with Crippen molar-refractivity contribution in [2.45, 2.75) is 49.5 Å². The number of amides is 1. The van der Waals surface area contributed by atoms with Crippen molar-refractivity contribution in [3.63, 3.8) is 0 Å². The minimum Gasteiger partial charge on any atom is -0.352 e. The fourth-order valence-electron chi connectivity index (χ4n) is 2.77. The summed E-state index contributed by atoms with van der Waals surface area (Å²) in [5, 5.41) is 3.43. The highest BCUT2D eigenvalue weighted by Gasteiger charge is 2.24. The Morgan fingerprint density at radius 3 is 2.30 bits per heavy atom. The molecule has 1 aliphatic carbocycles. The number of rotatable bonds is 5. The Morgan fingerprint density at radius 1 is 1.17 bits per heavy atom. The normalized spacial score (nSPS) is 17.0. The molecule has 2 rings (SSSR count). The zero-order valence-corrected chi connectivity index (χ0v) is 14.9. The lowest BCUT2D eigenvalue weighted by Crippen LogP contribution is -2.42. The molecule has 1 N–H and O–H groups in total. The minimum atomic E-state index is -3.68. The van der Waals surface area contributed by atoms with Crippen molar-refractivity contribution in [2.24, 2.45) is 0 Å². The van der Waals surface area contributed by atoms with Gasteiger partial charge in [0.05, 0.1) is 11.4 Å². The van der Waals surface area contributed by atoms with E-state index in [0.29, 0.717) is 5.02 Å². The predicted octanol–water partition coefficient (Wildman–Crippen LogP) is 2.80. The molecule has 0 atom stereocenters. The van der Waals surface area contributed by atoms with Crippen molar-refractivity contribution in [2.75, 3.05) is 13.6 Å². The fraction of sp³-hybridized carbons (Fsp3) is 0.562. The van der Waals surface area contributed by atoms with Crippen LogP contribution in [0.15, 0.2) is 29.2 Å². The average Bonchev–Trinajstić information content (AvgIpc) is 2.76. The highest BCUT2D eigenvalue weighted by atomic mass is 35.5. The molecule has 1 aromatic rings. The molecule has 1 aliphatic rings. The van der Waals surface area contributed by atoms with Crippen LogP contribution in [0.2, 0.25) is 5.02 Å². The molecule has 0 heterocycles. The van der Waals surface area contributed by atoms with Crippen LogP contribution in [0.25, 0.3) is 0 Å². The second-order valence-corrected chi connectivity index (χ2v) is 8.45. The van der Waals surface area contributed by atoms with Gasteiger partial charge in [0.1, 0.15) is 0 Å². The summed E-state index contributed by atoms with van der Waals surface area (Å²) in [4.78, 5) is 12.3. The third kappa shape index (κ3) is 5.19. The molecule has 128 valence electrons. The Balaban J connectivity index is 1.95. The van der Waals surface area contributed by atoms with E-state index in [1.165, 1.54) is 44.2 Å². The van der Waals surface area contributed by atoms with Crippen LogP contribution in [-0.4, -0.2) is 38.3 Å². The van der Waals surface area contributed by atoms with E-state index in [9.17, 15) is 13.2 Å². The van der Waals surface area contributed by atoms with Crippen molar-refractivity contribution >= 4 is 27.5 Å². The molecule has 5 nitrogen and oxygen atoms in total. The zero-order chi connectivity index (χ0) is 16.9. The van der Waals surface area contributed by atoms with Crippen LogP contribution in [0.3, 0.4) is 0 Å². The third-order valence-electron chi connectivity index (χ3n) is 4.11. The largest absolute Gasteiger partial charge is 0.352 e. The number of nitrogens with zero attached hydrogens (tertiary/aromatic N) is 1. The topological polar surface area (TPSA) is 66.5 Å². The number of hydrogen-bond acceptors (Lipinski definition) is 3. The van der Waals surface area contributed by atoms with E-state index in [2.05, 4.69) is 5.32 Å². The van der Waals surface area contributed by atoms with Gasteiger partial charge in [0.15, 0.2) is 0 Å². The van der Waals surface area contributed by atoms with Gasteiger partial charge in [-0.3, -0.25) is 4.79 Å². The van der Waals surface area contributed by atoms with E-state index < -0.39 is 10.0 Å². The Bertz CT molecular complexity index is 623. The molecule has 23 heavy (non-hydrogen) atoms. The van der Waals surface area contributed by atoms with E-state index in [4.69, 9.17) is 11.6 Å². The van der Waals surface area contributed by atoms with Crippen LogP contribution in [0, 0.1) is 0 Å². The average molecular weight is 359 g/mol. The van der Waals surface area contributed by atoms with Crippen molar-refractivity contribution < 1.29 is 13.2 Å². The second-order valence-electron chi connectivity index (χ2n) is 5.97. The monoisotopic (exact) mass is 358 g/mol. The summed E-state index contributed by atoms with van der Waals surface area (Å²) in [5.74, 6) is -0.253. The third-order valence-corrected chi connectivity index (χ3v) is 6.18. The smallest absolute Gasteiger partial charge is 0.243 e. The summed E-state index contributed by atoms with van der Waals surface area (Å²) >= 11 is 5.77. The molecule has 0 spiro atoms. The minimum absolute atomic E-state index is 0.131. The molecule has 1 amide bonds. The number of halogens is 1. The van der Waals surface area contributed by atoms with Gasteiger partial charge < -0.3 is 5.32 Å². The van der Waals surface area contributed by atoms with Gasteiger partial charge in [-0.15, -0.1) is 0 Å². The first-order valence-corrected chi connectivity index (χ1v) is 9.72. The molecule has 1 saturated carbocycles. The van der Waals surface area contributed by atoms with Crippen molar-refractivity contribution in [3.8, 4) is 0 Å². The van der Waals surface area contributed by atoms with Crippen LogP contribution in [-0.2, 0) is 14.8 Å². The number of hydrogen-bond donors (Lipinski definition) is 1. The maximum Gasteiger partial charge on any atom is 0.243 e. The molecule has 7 heteroatoms. The summed E-state index contributed by atoms with van der Waals surface area (Å²) in [7, 11) is -2.27. The highest BCUT2D eigenvalue weighted by molar-refractivity contribution is 7.89. The lowest BCUT2D eigenvalue weighted by molar-refractivity contribution is -0.121. The van der Waals surface area contributed by atoms with E-state index >= 15 is 0 Å². The van der Waals surface area contributed by atoms with E-state index in [1.54, 1.807) is 0 Å². The molecular weight excluding hydrogens is 336 g/mol. The van der Waals surface area contributed by atoms with Crippen LogP contribution in [0.4, 0.5) is 0 Å². The number of likely N-dealkylation sites (N-methyl/N-ethyl adjacent to an activating group) is 1. The molecule has 1 aromatic carbocycles. The Hall–Kier alpha value is -1.11. The predicted molar refractivity (Wildman–Crippen MR) is 90.9 cm³/mol. The van der Waals surface area contributed by atoms with Crippen molar-refractivity contribution in [1.82, 2.24) is 9.62 Å². The Kier molecular flexibility index (Phi) is 6.44. The fourth-order valence-corrected chi connectivity index (χ4v) is 4.02. The lowest BCUT2D eigenvalue weighted by Gasteiger charge is -2.20. The van der Waals surface area contributed by atoms with Gasteiger partial charge in [-0.25, -0.2) is 8.42 Å². The quantitative estimate of drug-likeness (QED) is 0.823. The molecular formula is C16H23ClN2O3S. The molecule has 1 fully saturated rings. The van der Waals surface area contributed by atoms with E-state index in [-0.39, 0.29) is 23.4 Å². The lowest BCUT2D eigenvalue weighted by atomic mass is 10.1. The first kappa shape index (κ1) is 18.2. The summed E-state index contributed by atoms with van der Waals surface area (Å²) < 4.78 is 25.9. The SMILES string of the molecule is CN(CC(=O)NC1CCCCCC1)S(=O)(=O)c1ccc(Cl)cc1. The van der Waals surface area contributed by atoms with Crippen LogP contribution < -0.4 is 5.32 Å².